The Labute approximate surface area is 224 Å². The third-order valence-corrected chi connectivity index (χ3v) is 6.72. The molecule has 0 aliphatic carbocycles. The van der Waals surface area contributed by atoms with Crippen molar-refractivity contribution in [2.45, 2.75) is 58.1 Å². The highest BCUT2D eigenvalue weighted by Crippen LogP contribution is 2.29. The Bertz CT molecular complexity index is 1430. The largest absolute Gasteiger partial charge is 0.481 e. The van der Waals surface area contributed by atoms with Crippen molar-refractivity contribution in [2.75, 3.05) is 13.2 Å². The molecule has 5 rings (SSSR count). The van der Waals surface area contributed by atoms with E-state index >= 15 is 0 Å². The lowest BCUT2D eigenvalue weighted by molar-refractivity contribution is 0.0673. The maximum atomic E-state index is 14.9. The third-order valence-electron chi connectivity index (χ3n) is 6.72. The number of hydrogen-bond acceptors (Lipinski definition) is 9. The molecule has 2 atom stereocenters. The lowest BCUT2D eigenvalue weighted by Crippen LogP contribution is -2.38. The van der Waals surface area contributed by atoms with Gasteiger partial charge in [0.05, 0.1) is 18.2 Å². The van der Waals surface area contributed by atoms with Gasteiger partial charge in [-0.05, 0) is 55.7 Å². The topological polar surface area (TPSA) is 128 Å². The fraction of sp³-hybridized carbons (Fsp3) is 0.393. The van der Waals surface area contributed by atoms with E-state index in [4.69, 9.17) is 13.8 Å². The van der Waals surface area contributed by atoms with Gasteiger partial charge in [-0.25, -0.2) is 4.39 Å². The van der Waals surface area contributed by atoms with Gasteiger partial charge >= 0.3 is 0 Å². The number of aliphatic hydroxyl groups is 1. The van der Waals surface area contributed by atoms with Gasteiger partial charge in [-0.2, -0.15) is 9.97 Å². The summed E-state index contributed by atoms with van der Waals surface area (Å²) < 4.78 is 31.8. The summed E-state index contributed by atoms with van der Waals surface area (Å²) in [5, 5.41) is 17.5. The molecule has 1 aliphatic heterocycles. The van der Waals surface area contributed by atoms with Crippen molar-refractivity contribution in [3.63, 3.8) is 0 Å². The lowest BCUT2D eigenvalue weighted by Gasteiger charge is -2.23. The highest BCUT2D eigenvalue weighted by atomic mass is 19.1. The summed E-state index contributed by atoms with van der Waals surface area (Å²) in [6.07, 6.45) is 1.52. The van der Waals surface area contributed by atoms with Crippen molar-refractivity contribution in [2.24, 2.45) is 0 Å². The summed E-state index contributed by atoms with van der Waals surface area (Å²) in [5.74, 6) is 1.14. The zero-order valence-corrected chi connectivity index (χ0v) is 22.0. The van der Waals surface area contributed by atoms with Crippen LogP contribution in [0.25, 0.3) is 22.8 Å². The molecule has 0 saturated carbocycles. The SMILES string of the molecule is CCC(Oc1ccc(-c2noc(C(C)C)n2)cc1)c1nc(-c2ccc(C(=O)N3CCC[C@@H]3CO)c(F)c2)no1. The number of carbonyl (C=O) groups excluding carboxylic acids is 1. The zero-order valence-electron chi connectivity index (χ0n) is 22.0. The van der Waals surface area contributed by atoms with Gasteiger partial charge in [0.25, 0.3) is 11.8 Å². The summed E-state index contributed by atoms with van der Waals surface area (Å²) in [4.78, 5) is 23.2. The Morgan fingerprint density at radius 1 is 1.08 bits per heavy atom. The van der Waals surface area contributed by atoms with E-state index in [-0.39, 0.29) is 35.8 Å². The van der Waals surface area contributed by atoms with Gasteiger partial charge in [-0.15, -0.1) is 0 Å². The van der Waals surface area contributed by atoms with E-state index in [1.165, 1.54) is 17.0 Å². The highest BCUT2D eigenvalue weighted by molar-refractivity contribution is 5.95. The molecular formula is C28H30FN5O5. The molecule has 3 heterocycles. The molecule has 0 bridgehead atoms. The van der Waals surface area contributed by atoms with Crippen molar-refractivity contribution >= 4 is 5.91 Å². The molecule has 1 N–H and O–H groups in total. The highest BCUT2D eigenvalue weighted by Gasteiger charge is 2.30. The second-order valence-electron chi connectivity index (χ2n) is 9.78. The third kappa shape index (κ3) is 5.53. The molecule has 39 heavy (non-hydrogen) atoms. The van der Waals surface area contributed by atoms with Gasteiger partial charge in [-0.1, -0.05) is 37.2 Å². The van der Waals surface area contributed by atoms with Crippen LogP contribution in [-0.2, 0) is 0 Å². The minimum absolute atomic E-state index is 0.0534. The van der Waals surface area contributed by atoms with Crippen LogP contribution in [0.5, 0.6) is 5.75 Å². The molecule has 2 aromatic heterocycles. The summed E-state index contributed by atoms with van der Waals surface area (Å²) in [5.41, 5.74) is 1.12. The number of carbonyl (C=O) groups is 1. The quantitative estimate of drug-likeness (QED) is 0.308. The first-order valence-electron chi connectivity index (χ1n) is 13.0. The molecule has 204 valence electrons. The smallest absolute Gasteiger partial charge is 0.268 e. The van der Waals surface area contributed by atoms with E-state index in [1.54, 1.807) is 18.2 Å². The van der Waals surface area contributed by atoms with E-state index in [0.717, 1.165) is 12.0 Å². The van der Waals surface area contributed by atoms with Crippen molar-refractivity contribution < 1.29 is 28.1 Å². The summed E-state index contributed by atoms with van der Waals surface area (Å²) in [7, 11) is 0. The van der Waals surface area contributed by atoms with Gasteiger partial charge in [0.2, 0.25) is 17.5 Å². The van der Waals surface area contributed by atoms with Crippen LogP contribution in [0.3, 0.4) is 0 Å². The van der Waals surface area contributed by atoms with Gasteiger partial charge < -0.3 is 23.8 Å². The molecular weight excluding hydrogens is 505 g/mol. The summed E-state index contributed by atoms with van der Waals surface area (Å²) in [6.45, 7) is 6.25. The second kappa shape index (κ2) is 11.3. The Morgan fingerprint density at radius 3 is 2.38 bits per heavy atom. The van der Waals surface area contributed by atoms with Crippen molar-refractivity contribution in [3.8, 4) is 28.5 Å². The maximum absolute atomic E-state index is 14.9. The molecule has 2 aromatic carbocycles. The Hall–Kier alpha value is -4.12. The van der Waals surface area contributed by atoms with Crippen molar-refractivity contribution in [1.29, 1.82) is 0 Å². The minimum Gasteiger partial charge on any atom is -0.481 e. The first-order valence-corrected chi connectivity index (χ1v) is 13.0. The fourth-order valence-corrected chi connectivity index (χ4v) is 4.50. The molecule has 0 spiro atoms. The number of nitrogens with zero attached hydrogens (tertiary/aromatic N) is 5. The lowest BCUT2D eigenvalue weighted by atomic mass is 10.1. The molecule has 1 fully saturated rings. The molecule has 1 amide bonds. The van der Waals surface area contributed by atoms with Crippen LogP contribution in [0.2, 0.25) is 0 Å². The van der Waals surface area contributed by atoms with Gasteiger partial charge in [0.15, 0.2) is 6.10 Å². The fourth-order valence-electron chi connectivity index (χ4n) is 4.50. The average molecular weight is 536 g/mol. The van der Waals surface area contributed by atoms with Crippen molar-refractivity contribution in [3.05, 3.63) is 65.6 Å². The maximum Gasteiger partial charge on any atom is 0.268 e. The normalized spacial score (nSPS) is 16.2. The molecule has 1 unspecified atom stereocenters. The minimum atomic E-state index is -0.682. The zero-order chi connectivity index (χ0) is 27.5. The second-order valence-corrected chi connectivity index (χ2v) is 9.78. The molecule has 1 aliphatic rings. The predicted octanol–water partition coefficient (Wildman–Crippen LogP) is 5.18. The standard InChI is InChI=1S/C28H30FN5O5/c1-4-23(37-20-10-7-17(8-11-20)24-30-26(16(2)3)38-32-24)27-31-25(33-39-27)18-9-12-21(22(29)14-18)28(36)34-13-5-6-19(34)15-35/h7-12,14,16,19,23,35H,4-6,13,15H2,1-3H3/t19-,23?/m1/s1. The number of likely N-dealkylation sites (tertiary alicyclic amines) is 1. The van der Waals surface area contributed by atoms with Crippen LogP contribution < -0.4 is 4.74 Å². The van der Waals surface area contributed by atoms with Gasteiger partial charge in [-0.3, -0.25) is 4.79 Å². The van der Waals surface area contributed by atoms with E-state index in [9.17, 15) is 14.3 Å². The average Bonchev–Trinajstić information content (AvgIpc) is 3.72. The van der Waals surface area contributed by atoms with Crippen LogP contribution in [0.15, 0.2) is 51.5 Å². The number of benzene rings is 2. The number of ether oxygens (including phenoxy) is 1. The number of aliphatic hydroxyl groups excluding tert-OH is 1. The molecule has 11 heteroatoms. The first kappa shape index (κ1) is 26.5. The Kier molecular flexibility index (Phi) is 7.69. The number of rotatable bonds is 9. The van der Waals surface area contributed by atoms with E-state index in [1.807, 2.05) is 32.9 Å². The summed E-state index contributed by atoms with van der Waals surface area (Å²) >= 11 is 0. The first-order chi connectivity index (χ1) is 18.9. The van der Waals surface area contributed by atoms with Gasteiger partial charge in [0.1, 0.15) is 11.6 Å². The molecule has 1 saturated heterocycles. The van der Waals surface area contributed by atoms with Crippen LogP contribution in [-0.4, -0.2) is 55.4 Å². The predicted molar refractivity (Wildman–Crippen MR) is 138 cm³/mol. The van der Waals surface area contributed by atoms with Crippen LogP contribution in [0.1, 0.15) is 74.2 Å². The Morgan fingerprint density at radius 2 is 1.74 bits per heavy atom. The van der Waals surface area contributed by atoms with Crippen LogP contribution >= 0.6 is 0 Å². The van der Waals surface area contributed by atoms with Crippen LogP contribution in [0, 0.1) is 5.82 Å². The molecule has 4 aromatic rings. The van der Waals surface area contributed by atoms with E-state index in [0.29, 0.717) is 42.4 Å². The summed E-state index contributed by atoms with van der Waals surface area (Å²) in [6, 6.07) is 11.2. The Balaban J connectivity index is 1.28. The number of aromatic nitrogens is 4. The monoisotopic (exact) mass is 535 g/mol. The van der Waals surface area contributed by atoms with E-state index in [2.05, 4.69) is 20.3 Å². The van der Waals surface area contributed by atoms with Gasteiger partial charge in [0, 0.05) is 23.6 Å². The van der Waals surface area contributed by atoms with E-state index < -0.39 is 17.8 Å². The number of hydrogen-bond donors (Lipinski definition) is 1. The number of amides is 1. The van der Waals surface area contributed by atoms with Crippen LogP contribution in [0.4, 0.5) is 4.39 Å². The molecule has 10 nitrogen and oxygen atoms in total. The molecule has 0 radical (unpaired) electrons. The number of halogens is 1. The van der Waals surface area contributed by atoms with Crippen molar-refractivity contribution in [1.82, 2.24) is 25.2 Å².